The Labute approximate surface area is 157 Å². The van der Waals surface area contributed by atoms with Crippen molar-refractivity contribution in [3.05, 3.63) is 22.4 Å². The lowest BCUT2D eigenvalue weighted by Crippen LogP contribution is -2.53. The van der Waals surface area contributed by atoms with E-state index in [2.05, 4.69) is 5.32 Å². The molecule has 4 saturated carbocycles. The summed E-state index contributed by atoms with van der Waals surface area (Å²) in [5.74, 6) is 1.81. The summed E-state index contributed by atoms with van der Waals surface area (Å²) in [6, 6.07) is 1.41. The number of nitrogens with zero attached hydrogens (tertiary/aromatic N) is 1. The van der Waals surface area contributed by atoms with E-state index in [1.165, 1.54) is 30.6 Å². The number of amides is 3. The third-order valence-corrected chi connectivity index (χ3v) is 7.99. The molecule has 1 aromatic rings. The first-order valence-electron chi connectivity index (χ1n) is 9.60. The van der Waals surface area contributed by atoms with E-state index in [0.29, 0.717) is 17.8 Å². The van der Waals surface area contributed by atoms with Gasteiger partial charge in [-0.2, -0.15) is 11.3 Å². The second kappa shape index (κ2) is 5.41. The monoisotopic (exact) mass is 372 g/mol. The summed E-state index contributed by atoms with van der Waals surface area (Å²) >= 11 is 1.49. The molecule has 2 heterocycles. The maximum absolute atomic E-state index is 13.3. The average molecular weight is 372 g/mol. The van der Waals surface area contributed by atoms with Gasteiger partial charge in [0, 0.05) is 5.41 Å². The zero-order chi connectivity index (χ0) is 18.1. The molecule has 0 spiro atoms. The number of urea groups is 1. The SMILES string of the molecule is CC1(c2ccsc2)NC(=O)N(CC(=O)C23CC4CC(CC(C4)C2)C3)C1=O. The van der Waals surface area contributed by atoms with E-state index in [0.717, 1.165) is 29.7 Å². The van der Waals surface area contributed by atoms with E-state index in [1.54, 1.807) is 6.92 Å². The van der Waals surface area contributed by atoms with Crippen LogP contribution in [0.2, 0.25) is 0 Å². The van der Waals surface area contributed by atoms with Gasteiger partial charge in [0.05, 0.1) is 6.54 Å². The summed E-state index contributed by atoms with van der Waals surface area (Å²) in [5, 5.41) is 6.57. The number of hydrogen-bond donors (Lipinski definition) is 1. The van der Waals surface area contributed by atoms with Gasteiger partial charge in [0.15, 0.2) is 5.78 Å². The Morgan fingerprint density at radius 3 is 2.35 bits per heavy atom. The van der Waals surface area contributed by atoms with E-state index in [4.69, 9.17) is 0 Å². The third-order valence-electron chi connectivity index (χ3n) is 7.30. The molecule has 1 unspecified atom stereocenters. The molecule has 5 aliphatic rings. The van der Waals surface area contributed by atoms with Gasteiger partial charge in [0.1, 0.15) is 5.54 Å². The normalized spacial score (nSPS) is 41.0. The van der Waals surface area contributed by atoms with Crippen LogP contribution in [0.15, 0.2) is 16.8 Å². The molecule has 3 amide bonds. The van der Waals surface area contributed by atoms with Gasteiger partial charge in [-0.1, -0.05) is 0 Å². The molecule has 0 aromatic carbocycles. The average Bonchev–Trinajstić information content (AvgIpc) is 3.18. The van der Waals surface area contributed by atoms with Crippen molar-refractivity contribution in [3.63, 3.8) is 0 Å². The van der Waals surface area contributed by atoms with Crippen LogP contribution in [0.5, 0.6) is 0 Å². The number of rotatable bonds is 4. The van der Waals surface area contributed by atoms with Crippen LogP contribution in [0.4, 0.5) is 4.79 Å². The Morgan fingerprint density at radius 1 is 1.19 bits per heavy atom. The lowest BCUT2D eigenvalue weighted by Gasteiger charge is -2.56. The summed E-state index contributed by atoms with van der Waals surface area (Å²) < 4.78 is 0. The Bertz CT molecular complexity index is 752. The van der Waals surface area contributed by atoms with E-state index in [-0.39, 0.29) is 23.7 Å². The van der Waals surface area contributed by atoms with Gasteiger partial charge >= 0.3 is 6.03 Å². The van der Waals surface area contributed by atoms with Crippen molar-refractivity contribution < 1.29 is 14.4 Å². The maximum atomic E-state index is 13.3. The Balaban J connectivity index is 1.37. The van der Waals surface area contributed by atoms with Gasteiger partial charge in [0.25, 0.3) is 5.91 Å². The minimum absolute atomic E-state index is 0.0729. The first-order valence-corrected chi connectivity index (χ1v) is 10.5. The standard InChI is InChI=1S/C20H24N2O3S/c1-19(15-2-3-26-11-15)17(24)22(18(25)21-19)10-16(23)20-7-12-4-13(8-20)6-14(5-12)9-20/h2-3,11-14H,4-10H2,1H3,(H,21,25). The molecular formula is C20H24N2O3S. The number of carbonyl (C=O) groups excluding carboxylic acids is 3. The summed E-state index contributed by atoms with van der Waals surface area (Å²) in [6.07, 6.45) is 6.69. The zero-order valence-corrected chi connectivity index (χ0v) is 15.8. The highest BCUT2D eigenvalue weighted by atomic mass is 32.1. The van der Waals surface area contributed by atoms with E-state index >= 15 is 0 Å². The largest absolute Gasteiger partial charge is 0.325 e. The van der Waals surface area contributed by atoms with Gasteiger partial charge in [-0.15, -0.1) is 0 Å². The topological polar surface area (TPSA) is 66.5 Å². The van der Waals surface area contributed by atoms with Gasteiger partial charge in [-0.25, -0.2) is 4.79 Å². The summed E-state index contributed by atoms with van der Waals surface area (Å²) in [5.41, 5.74) is -0.555. The molecule has 4 aliphatic carbocycles. The van der Waals surface area contributed by atoms with Crippen LogP contribution < -0.4 is 5.32 Å². The quantitative estimate of drug-likeness (QED) is 0.825. The first kappa shape index (κ1) is 16.5. The smallest absolute Gasteiger partial charge is 0.319 e. The molecule has 4 bridgehead atoms. The lowest BCUT2D eigenvalue weighted by molar-refractivity contribution is -0.147. The van der Waals surface area contributed by atoms with Crippen molar-refractivity contribution in [1.29, 1.82) is 0 Å². The van der Waals surface area contributed by atoms with Crippen molar-refractivity contribution in [2.75, 3.05) is 6.54 Å². The fourth-order valence-corrected chi connectivity index (χ4v) is 7.11. The van der Waals surface area contributed by atoms with E-state index in [9.17, 15) is 14.4 Å². The van der Waals surface area contributed by atoms with E-state index < -0.39 is 11.6 Å². The summed E-state index contributed by atoms with van der Waals surface area (Å²) in [6.45, 7) is 1.65. The summed E-state index contributed by atoms with van der Waals surface area (Å²) in [7, 11) is 0. The molecule has 5 fully saturated rings. The zero-order valence-electron chi connectivity index (χ0n) is 15.0. The molecule has 1 aromatic heterocycles. The molecule has 0 radical (unpaired) electrons. The van der Waals surface area contributed by atoms with Crippen molar-refractivity contribution in [2.24, 2.45) is 23.2 Å². The van der Waals surface area contributed by atoms with Crippen LogP contribution in [-0.4, -0.2) is 29.2 Å². The molecule has 1 aliphatic heterocycles. The number of ketones is 1. The molecule has 1 saturated heterocycles. The first-order chi connectivity index (χ1) is 12.4. The number of Topliss-reactive ketones (excluding diaryl/α,β-unsaturated/α-hetero) is 1. The highest BCUT2D eigenvalue weighted by molar-refractivity contribution is 7.08. The Hall–Kier alpha value is -1.69. The maximum Gasteiger partial charge on any atom is 0.325 e. The van der Waals surface area contributed by atoms with Crippen LogP contribution >= 0.6 is 11.3 Å². The van der Waals surface area contributed by atoms with Crippen LogP contribution in [-0.2, 0) is 15.1 Å². The number of imide groups is 1. The second-order valence-electron chi connectivity index (χ2n) is 9.08. The van der Waals surface area contributed by atoms with Crippen molar-refractivity contribution in [1.82, 2.24) is 10.2 Å². The predicted octanol–water partition coefficient (Wildman–Crippen LogP) is 3.30. The van der Waals surface area contributed by atoms with Crippen LogP contribution in [0.3, 0.4) is 0 Å². The number of hydrogen-bond acceptors (Lipinski definition) is 4. The Morgan fingerprint density at radius 2 is 1.81 bits per heavy atom. The number of carbonyl (C=O) groups is 3. The van der Waals surface area contributed by atoms with Crippen LogP contribution in [0.1, 0.15) is 51.0 Å². The molecule has 1 atom stereocenters. The third kappa shape index (κ3) is 2.24. The minimum Gasteiger partial charge on any atom is -0.319 e. The fraction of sp³-hybridized carbons (Fsp3) is 0.650. The summed E-state index contributed by atoms with van der Waals surface area (Å²) in [4.78, 5) is 39.9. The fourth-order valence-electron chi connectivity index (χ4n) is 6.35. The highest BCUT2D eigenvalue weighted by Gasteiger charge is 2.56. The van der Waals surface area contributed by atoms with Crippen molar-refractivity contribution in [2.45, 2.75) is 51.0 Å². The number of thiophene rings is 1. The van der Waals surface area contributed by atoms with Gasteiger partial charge in [-0.3, -0.25) is 14.5 Å². The minimum atomic E-state index is -1.06. The van der Waals surface area contributed by atoms with E-state index in [1.807, 2.05) is 16.8 Å². The van der Waals surface area contributed by atoms with Crippen molar-refractivity contribution in [3.8, 4) is 0 Å². The molecule has 138 valence electrons. The van der Waals surface area contributed by atoms with Gasteiger partial charge in [-0.05, 0) is 85.6 Å². The predicted molar refractivity (Wildman–Crippen MR) is 97.5 cm³/mol. The highest BCUT2D eigenvalue weighted by Crippen LogP contribution is 2.60. The molecule has 5 nitrogen and oxygen atoms in total. The molecule has 1 N–H and O–H groups in total. The van der Waals surface area contributed by atoms with Gasteiger partial charge in [0.2, 0.25) is 0 Å². The lowest BCUT2D eigenvalue weighted by atomic mass is 9.48. The molecular weight excluding hydrogens is 348 g/mol. The van der Waals surface area contributed by atoms with Crippen molar-refractivity contribution >= 4 is 29.1 Å². The molecule has 6 heteroatoms. The molecule has 26 heavy (non-hydrogen) atoms. The van der Waals surface area contributed by atoms with Crippen LogP contribution in [0.25, 0.3) is 0 Å². The van der Waals surface area contributed by atoms with Crippen LogP contribution in [0, 0.1) is 23.2 Å². The Kier molecular flexibility index (Phi) is 3.43. The molecule has 6 rings (SSSR count). The van der Waals surface area contributed by atoms with Gasteiger partial charge < -0.3 is 5.32 Å². The second-order valence-corrected chi connectivity index (χ2v) is 9.86. The number of nitrogens with one attached hydrogen (secondary N) is 1.